The molecule has 0 radical (unpaired) electrons. The second-order valence-corrected chi connectivity index (χ2v) is 7.83. The Labute approximate surface area is 150 Å². The van der Waals surface area contributed by atoms with Crippen molar-refractivity contribution >= 4 is 21.7 Å². The number of benzene rings is 2. The molecule has 0 spiro atoms. The molecule has 1 aliphatic rings. The maximum Gasteiger partial charge on any atom is 0.326 e. The van der Waals surface area contributed by atoms with E-state index in [1.807, 2.05) is 6.92 Å². The first-order valence-corrected chi connectivity index (χ1v) is 9.22. The lowest BCUT2D eigenvalue weighted by molar-refractivity contribution is -0.991. The fraction of sp³-hybridized carbons (Fsp3) is 0.235. The van der Waals surface area contributed by atoms with E-state index in [1.165, 1.54) is 37.4 Å². The zero-order valence-electron chi connectivity index (χ0n) is 14.1. The van der Waals surface area contributed by atoms with Crippen molar-refractivity contribution in [3.63, 3.8) is 0 Å². The van der Waals surface area contributed by atoms with Gasteiger partial charge in [0.25, 0.3) is 0 Å². The lowest BCUT2D eigenvalue weighted by atomic mass is 10.1. The van der Waals surface area contributed by atoms with Gasteiger partial charge in [0, 0.05) is 12.1 Å². The van der Waals surface area contributed by atoms with Gasteiger partial charge in [0.1, 0.15) is 6.04 Å². The predicted molar refractivity (Wildman–Crippen MR) is 91.0 cm³/mol. The topological polar surface area (TPSA) is 111 Å². The molecule has 1 saturated heterocycles. The number of quaternary nitrogens is 1. The number of hydrogen-bond acceptors (Lipinski definition) is 6. The summed E-state index contributed by atoms with van der Waals surface area (Å²) in [7, 11) is -2.75. The van der Waals surface area contributed by atoms with Gasteiger partial charge in [-0.1, -0.05) is 29.8 Å². The fourth-order valence-electron chi connectivity index (χ4n) is 2.88. The number of carbonyl (C=O) groups excluding carboxylic acids is 1. The van der Waals surface area contributed by atoms with E-state index in [1.54, 1.807) is 18.2 Å². The molecular formula is C17H18N2O6S. The van der Waals surface area contributed by atoms with E-state index in [0.29, 0.717) is 5.56 Å². The normalized spacial score (nSPS) is 23.3. The molecule has 4 atom stereocenters. The second-order valence-electron chi connectivity index (χ2n) is 5.99. The van der Waals surface area contributed by atoms with Crippen LogP contribution in [0.4, 0.5) is 5.69 Å². The average Bonchev–Trinajstić information content (AvgIpc) is 3.38. The summed E-state index contributed by atoms with van der Waals surface area (Å²) in [5.74, 6) is -0.689. The van der Waals surface area contributed by atoms with Crippen molar-refractivity contribution in [1.29, 1.82) is 0 Å². The summed E-state index contributed by atoms with van der Waals surface area (Å²) in [5, 5.41) is 19.2. The first-order chi connectivity index (χ1) is 12.3. The van der Waals surface area contributed by atoms with E-state index in [4.69, 9.17) is 9.94 Å². The summed E-state index contributed by atoms with van der Waals surface area (Å²) in [6, 6.07) is 10.4. The number of rotatable bonds is 5. The number of nitrogens with one attached hydrogen (secondary N) is 1. The van der Waals surface area contributed by atoms with Gasteiger partial charge in [0.2, 0.25) is 10.0 Å². The number of aryl methyl sites for hydroxylation is 1. The van der Waals surface area contributed by atoms with E-state index >= 15 is 0 Å². The third-order valence-electron chi connectivity index (χ3n) is 4.27. The molecular weight excluding hydrogens is 360 g/mol. The standard InChI is InChI=1S/C17H18N2O6S/c1-11-6-8-14(9-7-11)26(23,24)18-15(16(18)17(20)25-2)12-4-3-5-13(10-12)19(21)22/h3-10,15-16,19,21H,1-2H3/t15-,16-,18?/m1/s1. The fourth-order valence-corrected chi connectivity index (χ4v) is 4.59. The van der Waals surface area contributed by atoms with Crippen molar-refractivity contribution in [2.75, 3.05) is 7.11 Å². The molecule has 2 aromatic carbocycles. The molecule has 138 valence electrons. The highest BCUT2D eigenvalue weighted by Gasteiger charge is 2.61. The number of ether oxygens (including phenoxy) is 1. The lowest BCUT2D eigenvalue weighted by Crippen LogP contribution is -2.99. The van der Waals surface area contributed by atoms with Crippen LogP contribution in [0.5, 0.6) is 0 Å². The van der Waals surface area contributed by atoms with Gasteiger partial charge < -0.3 is 9.94 Å². The Morgan fingerprint density at radius 3 is 2.46 bits per heavy atom. The van der Waals surface area contributed by atoms with E-state index in [2.05, 4.69) is 0 Å². The van der Waals surface area contributed by atoms with Crippen LogP contribution < -0.4 is 5.23 Å². The Hall–Kier alpha value is -2.30. The maximum atomic E-state index is 12.9. The van der Waals surface area contributed by atoms with Crippen molar-refractivity contribution in [2.45, 2.75) is 23.9 Å². The van der Waals surface area contributed by atoms with Gasteiger partial charge in [-0.05, 0) is 24.6 Å². The quantitative estimate of drug-likeness (QED) is 0.450. The zero-order chi connectivity index (χ0) is 19.1. The molecule has 3 rings (SSSR count). The Morgan fingerprint density at radius 1 is 1.23 bits per heavy atom. The van der Waals surface area contributed by atoms with Crippen LogP contribution in [0.3, 0.4) is 0 Å². The van der Waals surface area contributed by atoms with Crippen LogP contribution in [0.15, 0.2) is 53.4 Å². The summed E-state index contributed by atoms with van der Waals surface area (Å²) < 4.78 is 31.7. The first-order valence-electron chi connectivity index (χ1n) is 7.78. The first kappa shape index (κ1) is 18.5. The molecule has 0 aromatic heterocycles. The minimum Gasteiger partial charge on any atom is -0.595 e. The molecule has 0 amide bonds. The Kier molecular flexibility index (Phi) is 4.82. The average molecular weight is 378 g/mol. The maximum absolute atomic E-state index is 12.9. The molecule has 8 nitrogen and oxygen atoms in total. The molecule has 26 heavy (non-hydrogen) atoms. The number of esters is 1. The van der Waals surface area contributed by atoms with Gasteiger partial charge in [-0.25, -0.2) is 13.6 Å². The summed E-state index contributed by atoms with van der Waals surface area (Å²) in [6.45, 7) is 1.84. The molecule has 1 fully saturated rings. The minimum absolute atomic E-state index is 0.0192. The van der Waals surface area contributed by atoms with E-state index in [0.717, 1.165) is 9.87 Å². The molecule has 0 bridgehead atoms. The second kappa shape index (κ2) is 6.78. The van der Waals surface area contributed by atoms with E-state index in [9.17, 15) is 18.4 Å². The summed E-state index contributed by atoms with van der Waals surface area (Å²) in [4.78, 5) is 12.1. The highest BCUT2D eigenvalue weighted by Crippen LogP contribution is 2.48. The van der Waals surface area contributed by atoms with Crippen molar-refractivity contribution in [3.05, 3.63) is 64.9 Å². The molecule has 2 N–H and O–H groups in total. The Morgan fingerprint density at radius 2 is 1.88 bits per heavy atom. The molecule has 2 aromatic rings. The Balaban J connectivity index is 2.01. The van der Waals surface area contributed by atoms with E-state index in [-0.39, 0.29) is 10.6 Å². The van der Waals surface area contributed by atoms with Crippen molar-refractivity contribution in [2.24, 2.45) is 0 Å². The summed E-state index contributed by atoms with van der Waals surface area (Å²) in [6.07, 6.45) is 0. The largest absolute Gasteiger partial charge is 0.595 e. The monoisotopic (exact) mass is 378 g/mol. The van der Waals surface area contributed by atoms with Crippen molar-refractivity contribution in [1.82, 2.24) is 4.31 Å². The third kappa shape index (κ3) is 3.22. The molecule has 1 heterocycles. The lowest BCUT2D eigenvalue weighted by Gasteiger charge is -2.12. The molecule has 2 unspecified atom stereocenters. The van der Waals surface area contributed by atoms with Crippen LogP contribution in [-0.4, -0.2) is 37.1 Å². The van der Waals surface area contributed by atoms with Crippen LogP contribution >= 0.6 is 0 Å². The molecule has 9 heteroatoms. The van der Waals surface area contributed by atoms with Crippen LogP contribution in [0.25, 0.3) is 0 Å². The number of methoxy groups -OCH3 is 1. The smallest absolute Gasteiger partial charge is 0.326 e. The predicted octanol–water partition coefficient (Wildman–Crippen LogP) is 0.686. The number of sulfonamides is 1. The van der Waals surface area contributed by atoms with Crippen molar-refractivity contribution in [3.8, 4) is 0 Å². The highest BCUT2D eigenvalue weighted by atomic mass is 32.2. The van der Waals surface area contributed by atoms with Crippen LogP contribution in [0.2, 0.25) is 0 Å². The summed E-state index contributed by atoms with van der Waals surface area (Å²) >= 11 is 0. The zero-order valence-corrected chi connectivity index (χ0v) is 14.9. The number of nitrogens with zero attached hydrogens (tertiary/aromatic N) is 1. The van der Waals surface area contributed by atoms with Crippen LogP contribution in [0, 0.1) is 12.1 Å². The van der Waals surface area contributed by atoms with E-state index < -0.39 is 33.3 Å². The summed E-state index contributed by atoms with van der Waals surface area (Å²) in [5.41, 5.74) is 1.35. The van der Waals surface area contributed by atoms with Crippen LogP contribution in [0.1, 0.15) is 17.2 Å². The number of hydrogen-bond donors (Lipinski definition) is 2. The molecule has 0 aliphatic carbocycles. The Bertz CT molecular complexity index is 927. The van der Waals surface area contributed by atoms with Crippen LogP contribution in [-0.2, 0) is 19.6 Å². The van der Waals surface area contributed by atoms with Gasteiger partial charge >= 0.3 is 5.97 Å². The van der Waals surface area contributed by atoms with Gasteiger partial charge in [0.05, 0.1) is 18.0 Å². The third-order valence-corrected chi connectivity index (χ3v) is 6.15. The molecule has 1 aliphatic heterocycles. The SMILES string of the molecule is COC(=O)[C@H]1[C@@H](c2cccc([NH+]([O-])O)c2)N1S(=O)(=O)c1ccc(C)cc1. The van der Waals surface area contributed by atoms with Gasteiger partial charge in [-0.3, -0.25) is 4.79 Å². The molecule has 0 saturated carbocycles. The van der Waals surface area contributed by atoms with Gasteiger partial charge in [-0.15, -0.1) is 0 Å². The minimum atomic E-state index is -3.93. The highest BCUT2D eigenvalue weighted by molar-refractivity contribution is 7.89. The van der Waals surface area contributed by atoms with Gasteiger partial charge in [-0.2, -0.15) is 9.53 Å². The van der Waals surface area contributed by atoms with Crippen molar-refractivity contribution < 1.29 is 28.4 Å². The van der Waals surface area contributed by atoms with Gasteiger partial charge in [0.15, 0.2) is 5.69 Å². The number of carbonyl (C=O) groups is 1.